The number of benzene rings is 2. The highest BCUT2D eigenvalue weighted by Gasteiger charge is 2.22. The molecule has 7 heteroatoms. The zero-order chi connectivity index (χ0) is 19.2. The van der Waals surface area contributed by atoms with E-state index in [1.165, 1.54) is 6.07 Å². The molecule has 140 valence electrons. The van der Waals surface area contributed by atoms with Gasteiger partial charge in [0.15, 0.2) is 6.61 Å². The lowest BCUT2D eigenvalue weighted by molar-refractivity contribution is -0.124. The molecule has 0 spiro atoms. The fourth-order valence-corrected chi connectivity index (χ4v) is 2.82. The van der Waals surface area contributed by atoms with Gasteiger partial charge in [-0.15, -0.1) is 0 Å². The third kappa shape index (κ3) is 4.69. The summed E-state index contributed by atoms with van der Waals surface area (Å²) in [6.45, 7) is 0.158. The number of hydrogen-bond acceptors (Lipinski definition) is 4. The fourth-order valence-electron chi connectivity index (χ4n) is 2.82. The second-order valence-electron chi connectivity index (χ2n) is 6.14. The average molecular weight is 370 g/mol. The Bertz CT molecular complexity index is 869. The van der Waals surface area contributed by atoms with Gasteiger partial charge in [0, 0.05) is 30.8 Å². The zero-order valence-electron chi connectivity index (χ0n) is 14.6. The van der Waals surface area contributed by atoms with Gasteiger partial charge in [0.2, 0.25) is 5.91 Å². The summed E-state index contributed by atoms with van der Waals surface area (Å²) in [7, 11) is 0. The van der Waals surface area contributed by atoms with E-state index < -0.39 is 24.3 Å². The summed E-state index contributed by atoms with van der Waals surface area (Å²) in [5, 5.41) is 2.50. The number of nitrogens with one attached hydrogen (secondary N) is 1. The minimum absolute atomic E-state index is 0.00954. The van der Waals surface area contributed by atoms with Crippen molar-refractivity contribution in [3.63, 3.8) is 0 Å². The monoisotopic (exact) mass is 370 g/mol. The maximum absolute atomic E-state index is 13.5. The normalized spacial score (nSPS) is 13.5. The lowest BCUT2D eigenvalue weighted by Crippen LogP contribution is -2.28. The van der Waals surface area contributed by atoms with Crippen molar-refractivity contribution in [3.05, 3.63) is 65.5 Å². The lowest BCUT2D eigenvalue weighted by Gasteiger charge is -2.16. The number of carbonyl (C=O) groups excluding carboxylic acids is 3. The Hall–Kier alpha value is -3.22. The van der Waals surface area contributed by atoms with Crippen LogP contribution in [0, 0.1) is 5.82 Å². The molecule has 0 aliphatic carbocycles. The van der Waals surface area contributed by atoms with Crippen LogP contribution >= 0.6 is 0 Å². The second kappa shape index (κ2) is 8.44. The molecule has 6 nitrogen and oxygen atoms in total. The Kier molecular flexibility index (Phi) is 5.80. The summed E-state index contributed by atoms with van der Waals surface area (Å²) in [6.07, 6.45) is 1.28. The van der Waals surface area contributed by atoms with Gasteiger partial charge < -0.3 is 15.0 Å². The van der Waals surface area contributed by atoms with Gasteiger partial charge in [0.1, 0.15) is 5.82 Å². The van der Waals surface area contributed by atoms with Crippen LogP contribution in [0.3, 0.4) is 0 Å². The van der Waals surface area contributed by atoms with Crippen LogP contribution in [-0.4, -0.2) is 30.9 Å². The molecule has 1 saturated heterocycles. The molecule has 0 unspecified atom stereocenters. The van der Waals surface area contributed by atoms with E-state index in [4.69, 9.17) is 4.74 Å². The van der Waals surface area contributed by atoms with Crippen molar-refractivity contribution in [2.75, 3.05) is 18.1 Å². The molecule has 27 heavy (non-hydrogen) atoms. The number of amides is 2. The molecule has 1 aliphatic rings. The molecule has 0 radical (unpaired) electrons. The van der Waals surface area contributed by atoms with E-state index in [1.807, 2.05) is 0 Å². The molecule has 0 saturated carbocycles. The summed E-state index contributed by atoms with van der Waals surface area (Å²) in [4.78, 5) is 37.4. The number of esters is 1. The molecule has 0 atom stereocenters. The minimum Gasteiger partial charge on any atom is -0.452 e. The largest absolute Gasteiger partial charge is 0.452 e. The molecule has 3 rings (SSSR count). The number of hydrogen-bond donors (Lipinski definition) is 1. The maximum Gasteiger partial charge on any atom is 0.338 e. The number of ether oxygens (including phenoxy) is 1. The predicted molar refractivity (Wildman–Crippen MR) is 96.6 cm³/mol. The highest BCUT2D eigenvalue weighted by atomic mass is 19.1. The van der Waals surface area contributed by atoms with Gasteiger partial charge in [-0.05, 0) is 30.7 Å². The van der Waals surface area contributed by atoms with Crippen LogP contribution in [0.4, 0.5) is 10.1 Å². The summed E-state index contributed by atoms with van der Waals surface area (Å²) in [6, 6.07) is 12.6. The van der Waals surface area contributed by atoms with Gasteiger partial charge >= 0.3 is 5.97 Å². The minimum atomic E-state index is -0.662. The predicted octanol–water partition coefficient (Wildman–Crippen LogP) is 2.43. The van der Waals surface area contributed by atoms with Gasteiger partial charge in [-0.1, -0.05) is 24.3 Å². The number of nitrogens with zero attached hydrogens (tertiary/aromatic N) is 1. The molecule has 1 aliphatic heterocycles. The first-order valence-electron chi connectivity index (χ1n) is 8.62. The fraction of sp³-hybridized carbons (Fsp3) is 0.250. The van der Waals surface area contributed by atoms with E-state index in [0.29, 0.717) is 24.2 Å². The highest BCUT2D eigenvalue weighted by molar-refractivity contribution is 5.97. The van der Waals surface area contributed by atoms with Crippen LogP contribution in [0.5, 0.6) is 0 Å². The second-order valence-corrected chi connectivity index (χ2v) is 6.14. The standard InChI is InChI=1S/C20H19FN2O4/c21-17-8-2-1-5-15(17)12-22-18(24)13-27-20(26)14-6-3-7-16(11-14)23-10-4-9-19(23)25/h1-3,5-8,11H,4,9-10,12-13H2,(H,22,24). The van der Waals surface area contributed by atoms with E-state index in [2.05, 4.69) is 5.32 Å². The maximum atomic E-state index is 13.5. The molecule has 1 N–H and O–H groups in total. The summed E-state index contributed by atoms with van der Waals surface area (Å²) >= 11 is 0. The Balaban J connectivity index is 1.52. The molecular weight excluding hydrogens is 351 g/mol. The Morgan fingerprint density at radius 1 is 1.15 bits per heavy atom. The van der Waals surface area contributed by atoms with Crippen molar-refractivity contribution >= 4 is 23.5 Å². The van der Waals surface area contributed by atoms with Gasteiger partial charge in [-0.25, -0.2) is 9.18 Å². The van der Waals surface area contributed by atoms with Crippen LogP contribution in [0.2, 0.25) is 0 Å². The van der Waals surface area contributed by atoms with E-state index >= 15 is 0 Å². The third-order valence-corrected chi connectivity index (χ3v) is 4.24. The van der Waals surface area contributed by atoms with Crippen molar-refractivity contribution in [1.29, 1.82) is 0 Å². The number of carbonyl (C=O) groups is 3. The number of halogens is 1. The molecule has 0 bridgehead atoms. The van der Waals surface area contributed by atoms with Crippen molar-refractivity contribution in [1.82, 2.24) is 5.32 Å². The van der Waals surface area contributed by atoms with Crippen molar-refractivity contribution in [3.8, 4) is 0 Å². The quantitative estimate of drug-likeness (QED) is 0.793. The molecule has 1 fully saturated rings. The van der Waals surface area contributed by atoms with E-state index in [1.54, 1.807) is 47.4 Å². The molecule has 0 aromatic heterocycles. The molecule has 2 aromatic rings. The van der Waals surface area contributed by atoms with Crippen LogP contribution in [0.1, 0.15) is 28.8 Å². The van der Waals surface area contributed by atoms with Crippen LogP contribution < -0.4 is 10.2 Å². The van der Waals surface area contributed by atoms with Gasteiger partial charge in [0.05, 0.1) is 5.56 Å². The third-order valence-electron chi connectivity index (χ3n) is 4.24. The van der Waals surface area contributed by atoms with E-state index in [-0.39, 0.29) is 18.0 Å². The Morgan fingerprint density at radius 2 is 1.96 bits per heavy atom. The SMILES string of the molecule is O=C(COC(=O)c1cccc(N2CCCC2=O)c1)NCc1ccccc1F. The van der Waals surface area contributed by atoms with Gasteiger partial charge in [-0.2, -0.15) is 0 Å². The highest BCUT2D eigenvalue weighted by Crippen LogP contribution is 2.22. The van der Waals surface area contributed by atoms with Crippen molar-refractivity contribution in [2.24, 2.45) is 0 Å². The van der Waals surface area contributed by atoms with Gasteiger partial charge in [0.25, 0.3) is 5.91 Å². The van der Waals surface area contributed by atoms with Crippen molar-refractivity contribution in [2.45, 2.75) is 19.4 Å². The molecule has 2 aromatic carbocycles. The molecular formula is C20H19FN2O4. The van der Waals surface area contributed by atoms with Crippen molar-refractivity contribution < 1.29 is 23.5 Å². The van der Waals surface area contributed by atoms with Gasteiger partial charge in [-0.3, -0.25) is 9.59 Å². The van der Waals surface area contributed by atoms with Crippen LogP contribution in [-0.2, 0) is 20.9 Å². The average Bonchev–Trinajstić information content (AvgIpc) is 3.11. The Labute approximate surface area is 155 Å². The lowest BCUT2D eigenvalue weighted by atomic mass is 10.2. The van der Waals surface area contributed by atoms with Crippen LogP contribution in [0.25, 0.3) is 0 Å². The first kappa shape index (κ1) is 18.6. The zero-order valence-corrected chi connectivity index (χ0v) is 14.6. The summed E-state index contributed by atoms with van der Waals surface area (Å²) < 4.78 is 18.5. The first-order chi connectivity index (χ1) is 13.0. The smallest absolute Gasteiger partial charge is 0.338 e. The van der Waals surface area contributed by atoms with E-state index in [0.717, 1.165) is 6.42 Å². The first-order valence-corrected chi connectivity index (χ1v) is 8.62. The van der Waals surface area contributed by atoms with Crippen LogP contribution in [0.15, 0.2) is 48.5 Å². The van der Waals surface area contributed by atoms with E-state index in [9.17, 15) is 18.8 Å². The summed E-state index contributed by atoms with van der Waals surface area (Å²) in [5.74, 6) is -1.59. The molecule has 1 heterocycles. The number of rotatable bonds is 6. The summed E-state index contributed by atoms with van der Waals surface area (Å²) in [5.41, 5.74) is 1.24. The Morgan fingerprint density at radius 3 is 2.70 bits per heavy atom. The topological polar surface area (TPSA) is 75.7 Å². The number of anilines is 1. The molecule has 2 amide bonds.